The molecule has 1 aliphatic heterocycles. The number of hydrogen-bond acceptors (Lipinski definition) is 6. The summed E-state index contributed by atoms with van der Waals surface area (Å²) in [6.07, 6.45) is 6.46. The van der Waals surface area contributed by atoms with Crippen LogP contribution >= 0.6 is 0 Å². The number of carboxylic acid groups (broad SMARTS) is 1. The third-order valence-electron chi connectivity index (χ3n) is 4.80. The number of nitrogens with zero attached hydrogens (tertiary/aromatic N) is 1. The summed E-state index contributed by atoms with van der Waals surface area (Å²) < 4.78 is 0. The van der Waals surface area contributed by atoms with E-state index in [0.29, 0.717) is 25.7 Å². The van der Waals surface area contributed by atoms with Crippen molar-refractivity contribution >= 4 is 11.9 Å². The van der Waals surface area contributed by atoms with E-state index in [-0.39, 0.29) is 6.42 Å². The van der Waals surface area contributed by atoms with Crippen LogP contribution in [0, 0.1) is 0 Å². The average molecular weight is 373 g/mol. The Bertz CT molecular complexity index is 445. The minimum Gasteiger partial charge on any atom is -0.481 e. The number of aliphatic carboxylic acids is 1. The van der Waals surface area contributed by atoms with Crippen LogP contribution in [0.4, 0.5) is 0 Å². The van der Waals surface area contributed by atoms with Crippen molar-refractivity contribution in [3.05, 3.63) is 0 Å². The molecule has 1 heterocycles. The van der Waals surface area contributed by atoms with Crippen molar-refractivity contribution in [1.29, 1.82) is 0 Å². The summed E-state index contributed by atoms with van der Waals surface area (Å²) in [6.45, 7) is 7.81. The Kier molecular flexibility index (Phi) is 9.00. The number of hydroxylamine groups is 2. The van der Waals surface area contributed by atoms with Crippen LogP contribution in [0.3, 0.4) is 0 Å². The molecular formula is C19H35NO6. The molecule has 0 aromatic rings. The second-order valence-corrected chi connectivity index (χ2v) is 8.53. The first-order valence-electron chi connectivity index (χ1n) is 9.62. The molecule has 152 valence electrons. The molecule has 7 heteroatoms. The fraction of sp³-hybridized carbons (Fsp3) is 0.895. The lowest BCUT2D eigenvalue weighted by Gasteiger charge is -2.50. The van der Waals surface area contributed by atoms with Crippen LogP contribution in [0.15, 0.2) is 0 Å². The van der Waals surface area contributed by atoms with Crippen LogP contribution in [-0.4, -0.2) is 44.4 Å². The van der Waals surface area contributed by atoms with Crippen LogP contribution in [0.1, 0.15) is 91.9 Å². The third-order valence-corrected chi connectivity index (χ3v) is 4.80. The van der Waals surface area contributed by atoms with Gasteiger partial charge in [-0.3, -0.25) is 9.68 Å². The lowest BCUT2D eigenvalue weighted by Crippen LogP contribution is -2.61. The second-order valence-electron chi connectivity index (χ2n) is 8.53. The fourth-order valence-electron chi connectivity index (χ4n) is 3.79. The van der Waals surface area contributed by atoms with Crippen molar-refractivity contribution in [3.63, 3.8) is 0 Å². The topological polar surface area (TPSA) is 96.3 Å². The number of hydrogen-bond donors (Lipinski definition) is 2. The molecule has 0 aliphatic carbocycles. The molecule has 1 fully saturated rings. The van der Waals surface area contributed by atoms with E-state index < -0.39 is 29.1 Å². The number of carbonyl (C=O) groups excluding carboxylic acids is 1. The normalized spacial score (nSPS) is 20.0. The van der Waals surface area contributed by atoms with Gasteiger partial charge in [-0.1, -0.05) is 30.7 Å². The molecule has 0 atom stereocenters. The molecule has 0 aromatic carbocycles. The van der Waals surface area contributed by atoms with Gasteiger partial charge in [0.05, 0.1) is 6.10 Å². The van der Waals surface area contributed by atoms with Crippen molar-refractivity contribution in [2.24, 2.45) is 0 Å². The molecule has 0 unspecified atom stereocenters. The van der Waals surface area contributed by atoms with Crippen molar-refractivity contribution in [1.82, 2.24) is 5.06 Å². The zero-order chi connectivity index (χ0) is 19.8. The Labute approximate surface area is 156 Å². The van der Waals surface area contributed by atoms with Crippen molar-refractivity contribution in [2.45, 2.75) is 109 Å². The van der Waals surface area contributed by atoms with Gasteiger partial charge < -0.3 is 10.2 Å². The molecule has 2 N–H and O–H groups in total. The summed E-state index contributed by atoms with van der Waals surface area (Å²) in [5, 5.41) is 20.2. The molecule has 0 bridgehead atoms. The largest absolute Gasteiger partial charge is 0.481 e. The van der Waals surface area contributed by atoms with E-state index in [1.807, 2.05) is 27.7 Å². The molecule has 1 aliphatic rings. The number of carbonyl (C=O) groups is 2. The van der Waals surface area contributed by atoms with E-state index in [0.717, 1.165) is 32.1 Å². The van der Waals surface area contributed by atoms with Crippen LogP contribution in [-0.2, 0) is 19.5 Å². The fourth-order valence-corrected chi connectivity index (χ4v) is 3.79. The van der Waals surface area contributed by atoms with Crippen LogP contribution in [0.5, 0.6) is 0 Å². The predicted octanol–water partition coefficient (Wildman–Crippen LogP) is 3.60. The van der Waals surface area contributed by atoms with E-state index in [1.165, 1.54) is 0 Å². The average Bonchev–Trinajstić information content (AvgIpc) is 2.46. The molecule has 7 nitrogen and oxygen atoms in total. The molecule has 0 amide bonds. The monoisotopic (exact) mass is 373 g/mol. The van der Waals surface area contributed by atoms with Gasteiger partial charge in [-0.15, -0.1) is 5.06 Å². The van der Waals surface area contributed by atoms with Crippen LogP contribution in [0.25, 0.3) is 0 Å². The summed E-state index contributed by atoms with van der Waals surface area (Å²) >= 11 is 0. The first-order chi connectivity index (χ1) is 12.0. The molecule has 0 radical (unpaired) electrons. The SMILES string of the molecule is CC1(C)CC(O)CC(C)(C)N1OOC(=O)CCCCCCCCC(=O)O. The highest BCUT2D eigenvalue weighted by Gasteiger charge is 2.47. The number of carboxylic acids is 1. The highest BCUT2D eigenvalue weighted by molar-refractivity contribution is 5.68. The van der Waals surface area contributed by atoms with E-state index in [1.54, 1.807) is 5.06 Å². The van der Waals surface area contributed by atoms with Crippen LogP contribution < -0.4 is 0 Å². The third kappa shape index (κ3) is 8.01. The smallest absolute Gasteiger partial charge is 0.344 e. The van der Waals surface area contributed by atoms with Gasteiger partial charge in [-0.05, 0) is 53.4 Å². The molecule has 26 heavy (non-hydrogen) atoms. The summed E-state index contributed by atoms with van der Waals surface area (Å²) in [6, 6.07) is 0. The minimum absolute atomic E-state index is 0.226. The summed E-state index contributed by atoms with van der Waals surface area (Å²) in [4.78, 5) is 32.7. The second kappa shape index (κ2) is 10.2. The van der Waals surface area contributed by atoms with Gasteiger partial charge in [0, 0.05) is 23.9 Å². The molecular weight excluding hydrogens is 338 g/mol. The van der Waals surface area contributed by atoms with Gasteiger partial charge in [-0.25, -0.2) is 4.79 Å². The zero-order valence-corrected chi connectivity index (χ0v) is 16.6. The molecule has 0 spiro atoms. The first kappa shape index (κ1) is 22.9. The number of piperidine rings is 1. The maximum atomic E-state index is 11.9. The number of aliphatic hydroxyl groups excluding tert-OH is 1. The molecule has 1 rings (SSSR count). The van der Waals surface area contributed by atoms with Gasteiger partial charge >= 0.3 is 11.9 Å². The zero-order valence-electron chi connectivity index (χ0n) is 16.6. The van der Waals surface area contributed by atoms with E-state index in [4.69, 9.17) is 15.0 Å². The van der Waals surface area contributed by atoms with Crippen LogP contribution in [0.2, 0.25) is 0 Å². The first-order valence-corrected chi connectivity index (χ1v) is 9.62. The maximum Gasteiger partial charge on any atom is 0.344 e. The Hall–Kier alpha value is -1.18. The number of unbranched alkanes of at least 4 members (excludes halogenated alkanes) is 5. The molecule has 0 saturated carbocycles. The standard InChI is InChI=1S/C19H35NO6/c1-18(2)13-15(21)14-19(3,4)20(18)26-25-17(24)12-10-8-6-5-7-9-11-16(22)23/h15,21H,5-14H2,1-4H3,(H,22,23). The van der Waals surface area contributed by atoms with Crippen molar-refractivity contribution < 1.29 is 29.7 Å². The van der Waals surface area contributed by atoms with Gasteiger partial charge in [0.1, 0.15) is 0 Å². The Balaban J connectivity index is 2.20. The Morgan fingerprint density at radius 2 is 1.38 bits per heavy atom. The number of aliphatic hydroxyl groups is 1. The summed E-state index contributed by atoms with van der Waals surface area (Å²) in [5.74, 6) is -1.14. The van der Waals surface area contributed by atoms with E-state index in [2.05, 4.69) is 0 Å². The summed E-state index contributed by atoms with van der Waals surface area (Å²) in [7, 11) is 0. The van der Waals surface area contributed by atoms with E-state index in [9.17, 15) is 14.7 Å². The van der Waals surface area contributed by atoms with Crippen molar-refractivity contribution in [2.75, 3.05) is 0 Å². The summed E-state index contributed by atoms with van der Waals surface area (Å²) in [5.41, 5.74) is -0.866. The number of rotatable bonds is 11. The highest BCUT2D eigenvalue weighted by Crippen LogP contribution is 2.38. The quantitative estimate of drug-likeness (QED) is 0.324. The maximum absolute atomic E-state index is 11.9. The molecule has 1 saturated heterocycles. The van der Waals surface area contributed by atoms with E-state index >= 15 is 0 Å². The minimum atomic E-state index is -0.748. The predicted molar refractivity (Wildman–Crippen MR) is 97.0 cm³/mol. The Morgan fingerprint density at radius 1 is 0.923 bits per heavy atom. The van der Waals surface area contributed by atoms with Gasteiger partial charge in [0.2, 0.25) is 0 Å². The van der Waals surface area contributed by atoms with Gasteiger partial charge in [0.15, 0.2) is 0 Å². The lowest BCUT2D eigenvalue weighted by molar-refractivity contribution is -0.453. The highest BCUT2D eigenvalue weighted by atomic mass is 17.3. The van der Waals surface area contributed by atoms with Crippen molar-refractivity contribution in [3.8, 4) is 0 Å². The van der Waals surface area contributed by atoms with Gasteiger partial charge in [0.25, 0.3) is 0 Å². The molecule has 0 aromatic heterocycles. The lowest BCUT2D eigenvalue weighted by atomic mass is 9.80. The Morgan fingerprint density at radius 3 is 1.88 bits per heavy atom. The van der Waals surface area contributed by atoms with Gasteiger partial charge in [-0.2, -0.15) is 0 Å².